The fourth-order valence-corrected chi connectivity index (χ4v) is 5.42. The largest absolute Gasteiger partial charge is 0.435 e. The molecule has 5 rings (SSSR count). The van der Waals surface area contributed by atoms with Crippen molar-refractivity contribution in [2.24, 2.45) is 5.16 Å². The lowest BCUT2D eigenvalue weighted by atomic mass is 9.85. The van der Waals surface area contributed by atoms with Gasteiger partial charge in [-0.2, -0.15) is 13.2 Å². The van der Waals surface area contributed by atoms with Gasteiger partial charge in [-0.3, -0.25) is 9.59 Å². The van der Waals surface area contributed by atoms with Crippen molar-refractivity contribution in [3.05, 3.63) is 81.3 Å². The number of nitrogens with zero attached hydrogens (tertiary/aromatic N) is 2. The van der Waals surface area contributed by atoms with Gasteiger partial charge in [0.15, 0.2) is 0 Å². The predicted octanol–water partition coefficient (Wildman–Crippen LogP) is 6.33. The molecule has 40 heavy (non-hydrogen) atoms. The first-order valence-electron chi connectivity index (χ1n) is 12.0. The minimum absolute atomic E-state index is 0.000847. The summed E-state index contributed by atoms with van der Waals surface area (Å²) in [5.74, 6) is -4.25. The normalized spacial score (nSPS) is 20.4. The Labute approximate surface area is 234 Å². The number of hydrogen-bond donors (Lipinski definition) is 1. The second kappa shape index (κ2) is 10.2. The Morgan fingerprint density at radius 1 is 1.02 bits per heavy atom. The Morgan fingerprint density at radius 2 is 1.70 bits per heavy atom. The monoisotopic (exact) mass is 599 g/mol. The molecule has 2 aliphatic rings. The van der Waals surface area contributed by atoms with E-state index in [0.29, 0.717) is 16.3 Å². The van der Waals surface area contributed by atoms with Crippen molar-refractivity contribution in [2.75, 3.05) is 19.6 Å². The molecule has 0 saturated carbocycles. The zero-order valence-electron chi connectivity index (χ0n) is 20.5. The van der Waals surface area contributed by atoms with Crippen molar-refractivity contribution in [1.29, 1.82) is 0 Å². The third-order valence-corrected chi connectivity index (χ3v) is 7.35. The summed E-state index contributed by atoms with van der Waals surface area (Å²) in [4.78, 5) is 31.3. The number of nitrogens with one attached hydrogen (secondary N) is 1. The molecular weight excluding hydrogens is 580 g/mol. The molecule has 1 atom stereocenters. The number of likely N-dealkylation sites (tertiary alicyclic amines) is 1. The number of benzene rings is 3. The van der Waals surface area contributed by atoms with Gasteiger partial charge in [0.05, 0.1) is 18.8 Å². The van der Waals surface area contributed by atoms with E-state index in [9.17, 15) is 31.5 Å². The summed E-state index contributed by atoms with van der Waals surface area (Å²) in [5.41, 5.74) is -2.71. The Bertz CT molecular complexity index is 1530. The molecule has 1 fully saturated rings. The number of rotatable bonds is 5. The van der Waals surface area contributed by atoms with Crippen LogP contribution in [-0.2, 0) is 15.2 Å². The Kier molecular flexibility index (Phi) is 7.16. The Hall–Kier alpha value is -3.44. The molecule has 1 N–H and O–H groups in total. The molecule has 0 spiro atoms. The van der Waals surface area contributed by atoms with E-state index in [-0.39, 0.29) is 33.4 Å². The summed E-state index contributed by atoms with van der Waals surface area (Å²) in [6.45, 7) is -1.30. The quantitative estimate of drug-likeness (QED) is 0.349. The minimum atomic E-state index is -4.88. The van der Waals surface area contributed by atoms with E-state index in [4.69, 9.17) is 28.0 Å². The van der Waals surface area contributed by atoms with E-state index >= 15 is 0 Å². The van der Waals surface area contributed by atoms with E-state index < -0.39 is 55.4 Å². The van der Waals surface area contributed by atoms with Crippen LogP contribution in [-0.4, -0.2) is 54.2 Å². The van der Waals surface area contributed by atoms with Gasteiger partial charge in [0.25, 0.3) is 17.4 Å². The van der Waals surface area contributed by atoms with Crippen LogP contribution in [0.15, 0.2) is 59.8 Å². The molecule has 0 aliphatic carbocycles. The average Bonchev–Trinajstić information content (AvgIpc) is 3.50. The zero-order valence-corrected chi connectivity index (χ0v) is 22.0. The van der Waals surface area contributed by atoms with Gasteiger partial charge in [0.2, 0.25) is 5.91 Å². The highest BCUT2D eigenvalue weighted by atomic mass is 35.5. The number of hydrogen-bond acceptors (Lipinski definition) is 4. The first kappa shape index (κ1) is 28.1. The maximum absolute atomic E-state index is 14.4. The van der Waals surface area contributed by atoms with Crippen LogP contribution in [0.5, 0.6) is 0 Å². The summed E-state index contributed by atoms with van der Waals surface area (Å²) < 4.78 is 70.2. The van der Waals surface area contributed by atoms with Gasteiger partial charge in [-0.1, -0.05) is 58.7 Å². The van der Waals surface area contributed by atoms with Crippen molar-refractivity contribution >= 4 is 51.5 Å². The highest BCUT2D eigenvalue weighted by Crippen LogP contribution is 2.50. The first-order valence-corrected chi connectivity index (χ1v) is 12.8. The van der Waals surface area contributed by atoms with Crippen LogP contribution in [0.4, 0.5) is 22.0 Å². The fourth-order valence-electron chi connectivity index (χ4n) is 4.90. The number of carbonyl (C=O) groups is 2. The smallest absolute Gasteiger partial charge is 0.374 e. The maximum Gasteiger partial charge on any atom is 0.435 e. The molecule has 0 aromatic heterocycles. The maximum atomic E-state index is 14.4. The molecule has 210 valence electrons. The highest BCUT2D eigenvalue weighted by Gasteiger charge is 2.62. The summed E-state index contributed by atoms with van der Waals surface area (Å²) >= 11 is 11.9. The molecule has 2 heterocycles. The Morgan fingerprint density at radius 3 is 2.33 bits per heavy atom. The van der Waals surface area contributed by atoms with Gasteiger partial charge in [-0.15, -0.1) is 0 Å². The van der Waals surface area contributed by atoms with E-state index in [1.54, 1.807) is 24.3 Å². The molecule has 3 aromatic rings. The second-order valence-electron chi connectivity index (χ2n) is 9.60. The van der Waals surface area contributed by atoms with Crippen LogP contribution in [0.1, 0.15) is 34.3 Å². The van der Waals surface area contributed by atoms with Crippen LogP contribution in [0.25, 0.3) is 10.8 Å². The number of amides is 2. The topological polar surface area (TPSA) is 71.0 Å². The van der Waals surface area contributed by atoms with Crippen LogP contribution < -0.4 is 5.32 Å². The summed E-state index contributed by atoms with van der Waals surface area (Å²) in [7, 11) is 0. The molecule has 2 aliphatic heterocycles. The zero-order chi connectivity index (χ0) is 28.9. The number of halogens is 7. The molecule has 13 heteroatoms. The van der Waals surface area contributed by atoms with Crippen LogP contribution in [0.2, 0.25) is 10.0 Å². The van der Waals surface area contributed by atoms with E-state index in [1.807, 2.05) is 0 Å². The second-order valence-corrected chi connectivity index (χ2v) is 10.5. The van der Waals surface area contributed by atoms with E-state index in [0.717, 1.165) is 17.0 Å². The van der Waals surface area contributed by atoms with Gasteiger partial charge in [-0.05, 0) is 35.0 Å². The molecule has 6 nitrogen and oxygen atoms in total. The molecular formula is C27H20Cl2F5N3O3. The van der Waals surface area contributed by atoms with Gasteiger partial charge < -0.3 is 15.1 Å². The number of alkyl halides is 5. The molecule has 1 unspecified atom stereocenters. The van der Waals surface area contributed by atoms with Gasteiger partial charge in [-0.25, -0.2) is 8.78 Å². The van der Waals surface area contributed by atoms with Crippen molar-refractivity contribution in [1.82, 2.24) is 10.2 Å². The fraction of sp³-hybridized carbons (Fsp3) is 0.296. The number of oxime groups is 1. The van der Waals surface area contributed by atoms with Gasteiger partial charge in [0.1, 0.15) is 0 Å². The van der Waals surface area contributed by atoms with Gasteiger partial charge >= 0.3 is 6.18 Å². The van der Waals surface area contributed by atoms with E-state index in [1.165, 1.54) is 18.2 Å². The lowest BCUT2D eigenvalue weighted by Gasteiger charge is -2.29. The lowest BCUT2D eigenvalue weighted by molar-refractivity contribution is -0.275. The average molecular weight is 600 g/mol. The van der Waals surface area contributed by atoms with E-state index in [2.05, 4.69) is 10.5 Å². The minimum Gasteiger partial charge on any atom is -0.374 e. The van der Waals surface area contributed by atoms with Crippen molar-refractivity contribution in [3.8, 4) is 0 Å². The Balaban J connectivity index is 1.42. The predicted molar refractivity (Wildman–Crippen MR) is 139 cm³/mol. The molecule has 1 saturated heterocycles. The number of carbonyl (C=O) groups excluding carboxylic acids is 2. The molecule has 0 bridgehead atoms. The number of fused-ring (bicyclic) bond motifs is 1. The lowest BCUT2D eigenvalue weighted by Crippen LogP contribution is -2.42. The van der Waals surface area contributed by atoms with Crippen LogP contribution in [0.3, 0.4) is 0 Å². The van der Waals surface area contributed by atoms with Crippen LogP contribution in [0, 0.1) is 0 Å². The van der Waals surface area contributed by atoms with Crippen molar-refractivity contribution in [3.63, 3.8) is 0 Å². The standard InChI is InChI=1S/C27H20Cl2F5N3O3/c28-16-9-15(10-17(29)11-16)26(27(32,33)34)12-22(36-40-26)20-5-6-21(19-4-2-1-3-18(19)20)24(39)35-13-23(38)37-8-7-25(30,31)14-37/h1-6,9-11H,7-8,12-14H2,(H,35,39). The molecule has 3 aromatic carbocycles. The summed E-state index contributed by atoms with van der Waals surface area (Å²) in [6, 6.07) is 12.9. The summed E-state index contributed by atoms with van der Waals surface area (Å²) in [5, 5.41) is 7.05. The first-order chi connectivity index (χ1) is 18.8. The van der Waals surface area contributed by atoms with Crippen LogP contribution >= 0.6 is 23.2 Å². The highest BCUT2D eigenvalue weighted by molar-refractivity contribution is 6.34. The molecule has 0 radical (unpaired) electrons. The summed E-state index contributed by atoms with van der Waals surface area (Å²) in [6.07, 6.45) is -6.00. The van der Waals surface area contributed by atoms with Crippen molar-refractivity contribution in [2.45, 2.75) is 30.5 Å². The third-order valence-electron chi connectivity index (χ3n) is 6.92. The molecule has 2 amide bonds. The van der Waals surface area contributed by atoms with Crippen molar-refractivity contribution < 1.29 is 36.4 Å². The SMILES string of the molecule is O=C(NCC(=O)N1CCC(F)(F)C1)c1ccc(C2=NOC(c3cc(Cl)cc(Cl)c3)(C(F)(F)F)C2)c2ccccc12. The van der Waals surface area contributed by atoms with Gasteiger partial charge in [0, 0.05) is 46.1 Å². The third kappa shape index (κ3) is 5.19.